The number of hydrogen-bond acceptors (Lipinski definition) is 3. The standard InChI is InChI=1S/C17H26FNO2/c1-3-17(4-2)11-15(9-10-21-17)19-12-16(20)13-5-7-14(18)8-6-13/h5-8,15-16,19-20H,3-4,9-12H2,1-2H3. The van der Waals surface area contributed by atoms with Gasteiger partial charge in [-0.3, -0.25) is 0 Å². The van der Waals surface area contributed by atoms with E-state index in [1.54, 1.807) is 12.1 Å². The molecule has 2 atom stereocenters. The highest BCUT2D eigenvalue weighted by Crippen LogP contribution is 2.31. The number of nitrogens with one attached hydrogen (secondary N) is 1. The number of aliphatic hydroxyl groups excluding tert-OH is 1. The van der Waals surface area contributed by atoms with E-state index in [0.717, 1.165) is 37.9 Å². The van der Waals surface area contributed by atoms with Gasteiger partial charge >= 0.3 is 0 Å². The lowest BCUT2D eigenvalue weighted by molar-refractivity contribution is -0.0937. The van der Waals surface area contributed by atoms with Crippen molar-refractivity contribution >= 4 is 0 Å². The molecule has 1 heterocycles. The van der Waals surface area contributed by atoms with Gasteiger partial charge in [0.2, 0.25) is 0 Å². The van der Waals surface area contributed by atoms with Crippen LogP contribution in [-0.4, -0.2) is 29.9 Å². The summed E-state index contributed by atoms with van der Waals surface area (Å²) in [6, 6.07) is 6.40. The maximum absolute atomic E-state index is 12.9. The predicted octanol–water partition coefficient (Wildman–Crippen LogP) is 3.19. The molecule has 2 unspecified atom stereocenters. The fraction of sp³-hybridized carbons (Fsp3) is 0.647. The molecule has 21 heavy (non-hydrogen) atoms. The summed E-state index contributed by atoms with van der Waals surface area (Å²) in [6.07, 6.45) is 3.38. The molecule has 1 fully saturated rings. The van der Waals surface area contributed by atoms with Gasteiger partial charge < -0.3 is 15.2 Å². The second-order valence-corrected chi connectivity index (χ2v) is 5.90. The minimum atomic E-state index is -0.605. The molecule has 0 spiro atoms. The van der Waals surface area contributed by atoms with E-state index in [4.69, 9.17) is 4.74 Å². The first-order valence-electron chi connectivity index (χ1n) is 7.89. The third kappa shape index (κ3) is 4.25. The van der Waals surface area contributed by atoms with E-state index in [2.05, 4.69) is 19.2 Å². The third-order valence-corrected chi connectivity index (χ3v) is 4.64. The van der Waals surface area contributed by atoms with E-state index < -0.39 is 6.10 Å². The Balaban J connectivity index is 1.86. The van der Waals surface area contributed by atoms with Crippen LogP contribution in [0.1, 0.15) is 51.2 Å². The maximum atomic E-state index is 12.9. The highest BCUT2D eigenvalue weighted by atomic mass is 19.1. The maximum Gasteiger partial charge on any atom is 0.123 e. The van der Waals surface area contributed by atoms with Crippen LogP contribution in [-0.2, 0) is 4.74 Å². The Morgan fingerprint density at radius 3 is 2.62 bits per heavy atom. The first-order valence-corrected chi connectivity index (χ1v) is 7.89. The van der Waals surface area contributed by atoms with E-state index >= 15 is 0 Å². The minimum absolute atomic E-state index is 0.0171. The SMILES string of the molecule is CCC1(CC)CC(NCC(O)c2ccc(F)cc2)CCO1. The largest absolute Gasteiger partial charge is 0.387 e. The number of hydrogen-bond donors (Lipinski definition) is 2. The van der Waals surface area contributed by atoms with Gasteiger partial charge in [-0.2, -0.15) is 0 Å². The quantitative estimate of drug-likeness (QED) is 0.847. The molecule has 0 aromatic heterocycles. The van der Waals surface area contributed by atoms with Crippen molar-refractivity contribution in [3.8, 4) is 0 Å². The van der Waals surface area contributed by atoms with Gasteiger partial charge in [0.25, 0.3) is 0 Å². The topological polar surface area (TPSA) is 41.5 Å². The van der Waals surface area contributed by atoms with E-state index in [1.807, 2.05) is 0 Å². The summed E-state index contributed by atoms with van der Waals surface area (Å²) in [6.45, 7) is 5.59. The van der Waals surface area contributed by atoms with Gasteiger partial charge in [0, 0.05) is 19.2 Å². The number of aliphatic hydroxyl groups is 1. The number of benzene rings is 1. The van der Waals surface area contributed by atoms with Crippen LogP contribution in [0.5, 0.6) is 0 Å². The average molecular weight is 295 g/mol. The highest BCUT2D eigenvalue weighted by Gasteiger charge is 2.34. The Kier molecular flexibility index (Phi) is 5.73. The highest BCUT2D eigenvalue weighted by molar-refractivity contribution is 5.18. The molecule has 0 radical (unpaired) electrons. The van der Waals surface area contributed by atoms with Crippen molar-refractivity contribution in [2.45, 2.75) is 57.3 Å². The summed E-state index contributed by atoms with van der Waals surface area (Å²) in [7, 11) is 0. The molecular formula is C17H26FNO2. The van der Waals surface area contributed by atoms with E-state index in [-0.39, 0.29) is 11.4 Å². The third-order valence-electron chi connectivity index (χ3n) is 4.64. The van der Waals surface area contributed by atoms with Crippen molar-refractivity contribution in [1.82, 2.24) is 5.32 Å². The molecule has 118 valence electrons. The number of halogens is 1. The molecule has 3 nitrogen and oxygen atoms in total. The van der Waals surface area contributed by atoms with Crippen molar-refractivity contribution in [3.05, 3.63) is 35.6 Å². The van der Waals surface area contributed by atoms with Crippen LogP contribution in [0.15, 0.2) is 24.3 Å². The molecule has 2 rings (SSSR count). The summed E-state index contributed by atoms with van der Waals surface area (Å²) in [5.41, 5.74) is 0.727. The molecule has 0 saturated carbocycles. The Morgan fingerprint density at radius 2 is 2.00 bits per heavy atom. The van der Waals surface area contributed by atoms with Crippen molar-refractivity contribution in [3.63, 3.8) is 0 Å². The lowest BCUT2D eigenvalue weighted by Gasteiger charge is -2.40. The van der Waals surface area contributed by atoms with Gasteiger partial charge in [0.1, 0.15) is 5.82 Å². The summed E-state index contributed by atoms with van der Waals surface area (Å²) in [5.74, 6) is -0.279. The van der Waals surface area contributed by atoms with Crippen LogP contribution in [0.25, 0.3) is 0 Å². The van der Waals surface area contributed by atoms with Crippen LogP contribution >= 0.6 is 0 Å². The van der Waals surface area contributed by atoms with Crippen molar-refractivity contribution in [2.75, 3.05) is 13.2 Å². The van der Waals surface area contributed by atoms with Crippen LogP contribution < -0.4 is 5.32 Å². The molecule has 0 aliphatic carbocycles. The molecule has 1 aliphatic rings. The molecule has 1 saturated heterocycles. The fourth-order valence-corrected chi connectivity index (χ4v) is 3.03. The molecule has 4 heteroatoms. The van der Waals surface area contributed by atoms with E-state index in [0.29, 0.717) is 12.6 Å². The monoisotopic (exact) mass is 295 g/mol. The Morgan fingerprint density at radius 1 is 1.33 bits per heavy atom. The van der Waals surface area contributed by atoms with E-state index in [1.165, 1.54) is 12.1 Å². The Hall–Kier alpha value is -0.970. The molecule has 0 bridgehead atoms. The molecule has 1 aromatic carbocycles. The van der Waals surface area contributed by atoms with Crippen molar-refractivity contribution in [1.29, 1.82) is 0 Å². The van der Waals surface area contributed by atoms with Crippen LogP contribution in [0.2, 0.25) is 0 Å². The van der Waals surface area contributed by atoms with Gasteiger partial charge in [-0.25, -0.2) is 4.39 Å². The Bertz CT molecular complexity index is 431. The summed E-state index contributed by atoms with van der Waals surface area (Å²) < 4.78 is 18.8. The zero-order valence-corrected chi connectivity index (χ0v) is 12.9. The first-order chi connectivity index (χ1) is 10.1. The molecule has 1 aliphatic heterocycles. The molecule has 0 amide bonds. The zero-order chi connectivity index (χ0) is 15.3. The van der Waals surface area contributed by atoms with Crippen molar-refractivity contribution < 1.29 is 14.2 Å². The number of rotatable bonds is 6. The van der Waals surface area contributed by atoms with Crippen molar-refractivity contribution in [2.24, 2.45) is 0 Å². The normalized spacial score (nSPS) is 23.0. The average Bonchev–Trinajstić information content (AvgIpc) is 2.53. The summed E-state index contributed by atoms with van der Waals surface area (Å²) in [5, 5.41) is 13.6. The van der Waals surface area contributed by atoms with Gasteiger partial charge in [0.15, 0.2) is 0 Å². The van der Waals surface area contributed by atoms with Gasteiger partial charge in [-0.05, 0) is 43.4 Å². The second kappa shape index (κ2) is 7.34. The Labute approximate surface area is 126 Å². The molecule has 2 N–H and O–H groups in total. The predicted molar refractivity (Wildman–Crippen MR) is 81.6 cm³/mol. The molecule has 1 aromatic rings. The van der Waals surface area contributed by atoms with E-state index in [9.17, 15) is 9.50 Å². The van der Waals surface area contributed by atoms with Crippen LogP contribution in [0.4, 0.5) is 4.39 Å². The van der Waals surface area contributed by atoms with Crippen LogP contribution in [0.3, 0.4) is 0 Å². The zero-order valence-electron chi connectivity index (χ0n) is 12.9. The van der Waals surface area contributed by atoms with Crippen LogP contribution in [0, 0.1) is 5.82 Å². The first kappa shape index (κ1) is 16.4. The molecular weight excluding hydrogens is 269 g/mol. The minimum Gasteiger partial charge on any atom is -0.387 e. The van der Waals surface area contributed by atoms with Gasteiger partial charge in [0.05, 0.1) is 11.7 Å². The lowest BCUT2D eigenvalue weighted by Crippen LogP contribution is -2.47. The van der Waals surface area contributed by atoms with Gasteiger partial charge in [-0.15, -0.1) is 0 Å². The smallest absolute Gasteiger partial charge is 0.123 e. The number of ether oxygens (including phenoxy) is 1. The summed E-state index contributed by atoms with van der Waals surface area (Å²) >= 11 is 0. The lowest BCUT2D eigenvalue weighted by atomic mass is 9.86. The summed E-state index contributed by atoms with van der Waals surface area (Å²) in [4.78, 5) is 0. The fourth-order valence-electron chi connectivity index (χ4n) is 3.03. The second-order valence-electron chi connectivity index (χ2n) is 5.90. The van der Waals surface area contributed by atoms with Gasteiger partial charge in [-0.1, -0.05) is 26.0 Å².